The van der Waals surface area contributed by atoms with Crippen molar-refractivity contribution in [3.63, 3.8) is 0 Å². The number of Topliss-reactive ketones (excluding diaryl/α,β-unsaturated/α-hetero) is 2. The van der Waals surface area contributed by atoms with Crippen LogP contribution in [0.4, 0.5) is 0 Å². The number of hydrogen-bond acceptors (Lipinski definition) is 4. The van der Waals surface area contributed by atoms with E-state index in [1.807, 2.05) is 26.8 Å². The van der Waals surface area contributed by atoms with Gasteiger partial charge in [-0.15, -0.1) is 0 Å². The second kappa shape index (κ2) is 9.39. The molecule has 5 heteroatoms. The maximum Gasteiger partial charge on any atom is 0.226 e. The second-order valence-electron chi connectivity index (χ2n) is 17.3. The molecule has 0 spiro atoms. The van der Waals surface area contributed by atoms with E-state index in [1.165, 1.54) is 19.3 Å². The van der Waals surface area contributed by atoms with Crippen LogP contribution in [0.15, 0.2) is 22.4 Å². The standard InChI is InChI=1S/C37H52N2O3/c1-23-19-24(39-42-23)11-10-13-37-17-15-32(2,3)21-25(37)30-27(40)20-29-34(6)22-26(38-9)31(41)33(4,5)28(34)12-14-35(29,7)36(30,8)16-18-37/h19,22,25,28-30H,10-18,20-21H2,1-8H3/t25-,28-,29+,30-,34-,35+,36+,37+/m0/s1. The van der Waals surface area contributed by atoms with Crippen molar-refractivity contribution in [1.82, 2.24) is 5.16 Å². The Morgan fingerprint density at radius 2 is 1.69 bits per heavy atom. The summed E-state index contributed by atoms with van der Waals surface area (Å²) in [5.41, 5.74) is 0.806. The van der Waals surface area contributed by atoms with Gasteiger partial charge in [-0.1, -0.05) is 59.7 Å². The van der Waals surface area contributed by atoms with Crippen LogP contribution in [0, 0.1) is 69.7 Å². The van der Waals surface area contributed by atoms with Crippen LogP contribution in [-0.2, 0) is 16.0 Å². The normalized spacial score (nSPS) is 43.7. The molecule has 1 aromatic rings. The van der Waals surface area contributed by atoms with Crippen molar-refractivity contribution in [2.24, 2.45) is 56.2 Å². The van der Waals surface area contributed by atoms with Crippen LogP contribution >= 0.6 is 0 Å². The molecular formula is C37H52N2O3. The van der Waals surface area contributed by atoms with Gasteiger partial charge in [-0.2, -0.15) is 0 Å². The van der Waals surface area contributed by atoms with Crippen LogP contribution in [0.1, 0.15) is 124 Å². The highest BCUT2D eigenvalue weighted by Crippen LogP contribution is 2.76. The van der Waals surface area contributed by atoms with E-state index in [-0.39, 0.29) is 50.6 Å². The van der Waals surface area contributed by atoms with Gasteiger partial charge in [-0.3, -0.25) is 4.79 Å². The Labute approximate surface area is 253 Å². The van der Waals surface area contributed by atoms with Crippen molar-refractivity contribution in [1.29, 1.82) is 0 Å². The molecule has 0 bridgehead atoms. The number of hydrogen-bond donors (Lipinski definition) is 0. The molecule has 0 aromatic carbocycles. The summed E-state index contributed by atoms with van der Waals surface area (Å²) in [5.74, 6) is 2.14. The molecule has 0 amide bonds. The van der Waals surface area contributed by atoms with Gasteiger partial charge < -0.3 is 9.32 Å². The lowest BCUT2D eigenvalue weighted by atomic mass is 9.31. The quantitative estimate of drug-likeness (QED) is 0.338. The topological polar surface area (TPSA) is 64.5 Å². The summed E-state index contributed by atoms with van der Waals surface area (Å²) >= 11 is 0. The fraction of sp³-hybridized carbons (Fsp3) is 0.784. The lowest BCUT2D eigenvalue weighted by Gasteiger charge is -2.72. The Kier molecular flexibility index (Phi) is 6.67. The Hall–Kier alpha value is -2.22. The summed E-state index contributed by atoms with van der Waals surface area (Å²) in [5, 5.41) is 4.26. The molecule has 5 aliphatic rings. The minimum atomic E-state index is -0.580. The molecule has 42 heavy (non-hydrogen) atoms. The SMILES string of the molecule is [C-]#[N+]C1=C[C@]2(C)[C@H]3CC(=O)[C@@H]4[C@@H]5CC(C)(C)CC[C@]5(CCCc5cc(C)on5)CC[C@@]4(C)[C@]3(C)CC[C@H]2C(C)(C)C1=O. The first-order valence-corrected chi connectivity index (χ1v) is 16.6. The predicted octanol–water partition coefficient (Wildman–Crippen LogP) is 8.96. The van der Waals surface area contributed by atoms with Crippen LogP contribution in [0.5, 0.6) is 0 Å². The molecule has 8 atom stereocenters. The van der Waals surface area contributed by atoms with Gasteiger partial charge in [0.15, 0.2) is 5.78 Å². The smallest absolute Gasteiger partial charge is 0.226 e. The highest BCUT2D eigenvalue weighted by molar-refractivity contribution is 6.02. The first-order chi connectivity index (χ1) is 19.5. The largest absolute Gasteiger partial charge is 0.361 e. The van der Waals surface area contributed by atoms with E-state index in [4.69, 9.17) is 11.1 Å². The number of carbonyl (C=O) groups excluding carboxylic acids is 2. The summed E-state index contributed by atoms with van der Waals surface area (Å²) in [4.78, 5) is 31.8. The molecule has 0 aliphatic heterocycles. The minimum Gasteiger partial charge on any atom is -0.361 e. The zero-order valence-electron chi connectivity index (χ0n) is 27.4. The molecule has 1 aromatic heterocycles. The number of ketones is 2. The third-order valence-electron chi connectivity index (χ3n) is 14.4. The molecule has 1 heterocycles. The summed E-state index contributed by atoms with van der Waals surface area (Å²) in [7, 11) is 0. The highest BCUT2D eigenvalue weighted by atomic mass is 16.5. The maximum absolute atomic E-state index is 14.8. The van der Waals surface area contributed by atoms with Crippen LogP contribution in [0.2, 0.25) is 0 Å². The van der Waals surface area contributed by atoms with Crippen LogP contribution in [-0.4, -0.2) is 16.7 Å². The van der Waals surface area contributed by atoms with Gasteiger partial charge in [-0.25, -0.2) is 4.85 Å². The average molecular weight is 573 g/mol. The van der Waals surface area contributed by atoms with E-state index in [0.717, 1.165) is 56.4 Å². The Balaban J connectivity index is 1.37. The number of carbonyl (C=O) groups is 2. The Morgan fingerprint density at radius 3 is 2.36 bits per heavy atom. The van der Waals surface area contributed by atoms with Gasteiger partial charge in [0.25, 0.3) is 0 Å². The van der Waals surface area contributed by atoms with Crippen molar-refractivity contribution < 1.29 is 14.1 Å². The maximum atomic E-state index is 14.8. The fourth-order valence-electron chi connectivity index (χ4n) is 12.0. The lowest BCUT2D eigenvalue weighted by molar-refractivity contribution is -0.223. The molecule has 0 saturated heterocycles. The highest BCUT2D eigenvalue weighted by Gasteiger charge is 2.71. The average Bonchev–Trinajstić information content (AvgIpc) is 3.33. The van der Waals surface area contributed by atoms with Gasteiger partial charge in [0.2, 0.25) is 5.70 Å². The Bertz CT molecular complexity index is 1380. The molecule has 4 saturated carbocycles. The molecule has 5 nitrogen and oxygen atoms in total. The molecule has 228 valence electrons. The third kappa shape index (κ3) is 4.02. The first-order valence-electron chi connectivity index (χ1n) is 16.6. The minimum absolute atomic E-state index is 0.0110. The lowest BCUT2D eigenvalue weighted by Crippen LogP contribution is -2.68. The molecular weight excluding hydrogens is 520 g/mol. The van der Waals surface area contributed by atoms with Crippen LogP contribution in [0.25, 0.3) is 4.85 Å². The molecule has 0 unspecified atom stereocenters. The molecule has 6 rings (SSSR count). The molecule has 0 N–H and O–H groups in total. The monoisotopic (exact) mass is 572 g/mol. The molecule has 0 radical (unpaired) electrons. The van der Waals surface area contributed by atoms with Gasteiger partial charge in [0.1, 0.15) is 11.5 Å². The van der Waals surface area contributed by atoms with Crippen molar-refractivity contribution in [3.8, 4) is 0 Å². The van der Waals surface area contributed by atoms with E-state index in [0.29, 0.717) is 23.8 Å². The zero-order valence-corrected chi connectivity index (χ0v) is 27.4. The number of aromatic nitrogens is 1. The predicted molar refractivity (Wildman–Crippen MR) is 164 cm³/mol. The third-order valence-corrected chi connectivity index (χ3v) is 14.4. The first kappa shape index (κ1) is 29.8. The van der Waals surface area contributed by atoms with Crippen LogP contribution in [0.3, 0.4) is 0 Å². The van der Waals surface area contributed by atoms with E-state index < -0.39 is 5.41 Å². The summed E-state index contributed by atoms with van der Waals surface area (Å²) in [6.07, 6.45) is 13.7. The van der Waals surface area contributed by atoms with E-state index >= 15 is 0 Å². The van der Waals surface area contributed by atoms with Gasteiger partial charge >= 0.3 is 0 Å². The fourth-order valence-corrected chi connectivity index (χ4v) is 12.0. The Morgan fingerprint density at radius 1 is 0.976 bits per heavy atom. The van der Waals surface area contributed by atoms with Crippen molar-refractivity contribution in [3.05, 3.63) is 40.7 Å². The summed E-state index contributed by atoms with van der Waals surface area (Å²) < 4.78 is 5.34. The van der Waals surface area contributed by atoms with E-state index in [1.54, 1.807) is 0 Å². The van der Waals surface area contributed by atoms with Crippen molar-refractivity contribution in [2.45, 2.75) is 126 Å². The number of aryl methyl sites for hydroxylation is 2. The summed E-state index contributed by atoms with van der Waals surface area (Å²) in [6.45, 7) is 26.0. The van der Waals surface area contributed by atoms with Crippen molar-refractivity contribution >= 4 is 11.6 Å². The number of allylic oxidation sites excluding steroid dienone is 2. The van der Waals surface area contributed by atoms with Crippen molar-refractivity contribution in [2.75, 3.05) is 0 Å². The summed E-state index contributed by atoms with van der Waals surface area (Å²) in [6, 6.07) is 2.06. The van der Waals surface area contributed by atoms with E-state index in [9.17, 15) is 9.59 Å². The number of nitrogens with zero attached hydrogens (tertiary/aromatic N) is 2. The van der Waals surface area contributed by atoms with Gasteiger partial charge in [0, 0.05) is 23.8 Å². The molecule has 5 aliphatic carbocycles. The zero-order chi connectivity index (χ0) is 30.5. The number of rotatable bonds is 4. The van der Waals surface area contributed by atoms with Crippen LogP contribution < -0.4 is 0 Å². The van der Waals surface area contributed by atoms with Gasteiger partial charge in [-0.05, 0) is 116 Å². The molecule has 4 fully saturated rings. The van der Waals surface area contributed by atoms with E-state index in [2.05, 4.69) is 50.7 Å². The van der Waals surface area contributed by atoms with Gasteiger partial charge in [0.05, 0.1) is 12.3 Å². The second-order valence-corrected chi connectivity index (χ2v) is 17.3. The number of fused-ring (bicyclic) bond motifs is 7.